The molecule has 4 atom stereocenters. The first-order chi connectivity index (χ1) is 29.8. The SMILES string of the molecule is CCCCC(CC)CN1C(=O)C2=C(c3ccc(/C=C4\SC(=S)N(CC(C)CC)C4=O)s3)N(CC(CC)CCCC)C(=O)C2=C1c1ccc(/C=C2\SC(=S)N(CC(C)CC)C2=O)s1. The van der Waals surface area contributed by atoms with E-state index in [9.17, 15) is 9.59 Å². The fourth-order valence-electron chi connectivity index (χ4n) is 8.18. The highest BCUT2D eigenvalue weighted by atomic mass is 32.2. The molecule has 0 saturated carbocycles. The van der Waals surface area contributed by atoms with E-state index in [1.165, 1.54) is 46.2 Å². The van der Waals surface area contributed by atoms with Gasteiger partial charge in [0.15, 0.2) is 0 Å². The third-order valence-corrected chi connectivity index (χ3v) is 17.4. The number of hydrogen-bond donors (Lipinski definition) is 0. The van der Waals surface area contributed by atoms with E-state index in [1.807, 2.05) is 46.2 Å². The summed E-state index contributed by atoms with van der Waals surface area (Å²) in [5.41, 5.74) is 2.27. The molecule has 8 nitrogen and oxygen atoms in total. The summed E-state index contributed by atoms with van der Waals surface area (Å²) >= 11 is 17.0. The van der Waals surface area contributed by atoms with Crippen LogP contribution in [-0.2, 0) is 19.2 Å². The maximum absolute atomic E-state index is 15.2. The second-order valence-electron chi connectivity index (χ2n) is 17.1. The highest BCUT2D eigenvalue weighted by molar-refractivity contribution is 8.27. The predicted molar refractivity (Wildman–Crippen MR) is 271 cm³/mol. The van der Waals surface area contributed by atoms with Crippen molar-refractivity contribution in [2.24, 2.45) is 23.7 Å². The molecule has 4 amide bonds. The summed E-state index contributed by atoms with van der Waals surface area (Å²) in [6, 6.07) is 7.98. The van der Waals surface area contributed by atoms with Crippen molar-refractivity contribution in [3.8, 4) is 0 Å². The van der Waals surface area contributed by atoms with Crippen molar-refractivity contribution in [3.05, 3.63) is 64.7 Å². The second kappa shape index (κ2) is 21.9. The van der Waals surface area contributed by atoms with E-state index in [1.54, 1.807) is 9.80 Å². The van der Waals surface area contributed by atoms with Gasteiger partial charge in [0, 0.05) is 35.9 Å². The molecule has 0 bridgehead atoms. The van der Waals surface area contributed by atoms with Gasteiger partial charge in [-0.15, -0.1) is 22.7 Å². The molecule has 0 N–H and O–H groups in total. The standard InChI is InChI=1S/C48H62N4O4S6/c1-9-15-17-31(13-5)27-49-41(35-21-19-33(59-35)23-37-43(53)51(47(57)61-37)25-29(7)11-3)39-40(45(49)55)42(50(46(39)56)28-32(14-6)18-16-10-2)36-22-20-34(60-36)24-38-44(54)52(48(58)62-38)26-30(8)12-4/h19-24,29-32H,9-18,25-28H2,1-8H3/b37-23-,38-24-. The highest BCUT2D eigenvalue weighted by Crippen LogP contribution is 2.50. The minimum Gasteiger partial charge on any atom is -0.306 e. The summed E-state index contributed by atoms with van der Waals surface area (Å²) in [7, 11) is 0. The molecule has 2 saturated heterocycles. The van der Waals surface area contributed by atoms with Crippen LogP contribution >= 0.6 is 70.6 Å². The lowest BCUT2D eigenvalue weighted by Crippen LogP contribution is -2.34. The smallest absolute Gasteiger partial charge is 0.266 e. The van der Waals surface area contributed by atoms with Crippen LogP contribution in [0.3, 0.4) is 0 Å². The van der Waals surface area contributed by atoms with E-state index in [0.717, 1.165) is 83.7 Å². The Balaban J connectivity index is 1.45. The second-order valence-corrected chi connectivity index (χ2v) is 22.7. The molecule has 14 heteroatoms. The van der Waals surface area contributed by atoms with Gasteiger partial charge in [-0.2, -0.15) is 0 Å². The lowest BCUT2D eigenvalue weighted by Gasteiger charge is -2.29. The Morgan fingerprint density at radius 1 is 0.532 bits per heavy atom. The summed E-state index contributed by atoms with van der Waals surface area (Å²) in [6.07, 6.45) is 13.8. The van der Waals surface area contributed by atoms with E-state index < -0.39 is 0 Å². The summed E-state index contributed by atoms with van der Waals surface area (Å²) in [4.78, 5) is 69.3. The molecule has 2 fully saturated rings. The molecule has 334 valence electrons. The number of amides is 4. The molecule has 6 heterocycles. The average Bonchev–Trinajstić information content (AvgIpc) is 4.11. The molecule has 2 aromatic heterocycles. The molecule has 0 radical (unpaired) electrons. The van der Waals surface area contributed by atoms with Crippen LogP contribution in [0.15, 0.2) is 45.2 Å². The number of fused-ring (bicyclic) bond motifs is 1. The van der Waals surface area contributed by atoms with Crippen molar-refractivity contribution < 1.29 is 19.2 Å². The third kappa shape index (κ3) is 10.5. The van der Waals surface area contributed by atoms with Gasteiger partial charge in [-0.3, -0.25) is 29.0 Å². The van der Waals surface area contributed by atoms with Crippen LogP contribution in [0.25, 0.3) is 23.5 Å². The number of carbonyl (C=O) groups excluding carboxylic acids is 4. The van der Waals surface area contributed by atoms with Crippen LogP contribution in [-0.4, -0.2) is 78.0 Å². The zero-order chi connectivity index (χ0) is 44.8. The minimum absolute atomic E-state index is 0.0744. The van der Waals surface area contributed by atoms with Gasteiger partial charge in [0.25, 0.3) is 23.6 Å². The largest absolute Gasteiger partial charge is 0.306 e. The van der Waals surface area contributed by atoms with Crippen molar-refractivity contribution in [2.75, 3.05) is 26.2 Å². The van der Waals surface area contributed by atoms with Crippen LogP contribution in [0.5, 0.6) is 0 Å². The quantitative estimate of drug-likeness (QED) is 0.0853. The van der Waals surface area contributed by atoms with Crippen LogP contribution in [0.4, 0.5) is 0 Å². The number of nitrogens with zero attached hydrogens (tertiary/aromatic N) is 4. The van der Waals surface area contributed by atoms with Gasteiger partial charge in [0.2, 0.25) is 0 Å². The highest BCUT2D eigenvalue weighted by Gasteiger charge is 2.50. The average molecular weight is 951 g/mol. The van der Waals surface area contributed by atoms with Crippen molar-refractivity contribution in [2.45, 2.75) is 120 Å². The number of thioether (sulfide) groups is 2. The van der Waals surface area contributed by atoms with Gasteiger partial charge < -0.3 is 9.80 Å². The Labute approximate surface area is 396 Å². The van der Waals surface area contributed by atoms with Crippen LogP contribution < -0.4 is 0 Å². The van der Waals surface area contributed by atoms with Gasteiger partial charge in [-0.25, -0.2) is 0 Å². The number of unbranched alkanes of at least 4 members (excludes halogenated alkanes) is 2. The fraction of sp³-hybridized carbons (Fsp3) is 0.542. The van der Waals surface area contributed by atoms with E-state index in [-0.39, 0.29) is 35.5 Å². The topological polar surface area (TPSA) is 81.2 Å². The lowest BCUT2D eigenvalue weighted by molar-refractivity contribution is -0.124. The van der Waals surface area contributed by atoms with Crippen molar-refractivity contribution in [3.63, 3.8) is 0 Å². The number of hydrogen-bond acceptors (Lipinski definition) is 10. The molecule has 0 aromatic carbocycles. The van der Waals surface area contributed by atoms with Gasteiger partial charge in [-0.1, -0.05) is 155 Å². The van der Waals surface area contributed by atoms with Crippen LogP contribution in [0.2, 0.25) is 0 Å². The van der Waals surface area contributed by atoms with E-state index in [0.29, 0.717) is 79.0 Å². The van der Waals surface area contributed by atoms with Gasteiger partial charge >= 0.3 is 0 Å². The van der Waals surface area contributed by atoms with Gasteiger partial charge in [-0.05, 0) is 72.9 Å². The summed E-state index contributed by atoms with van der Waals surface area (Å²) < 4.78 is 1.15. The Morgan fingerprint density at radius 3 is 1.26 bits per heavy atom. The van der Waals surface area contributed by atoms with Crippen molar-refractivity contribution in [1.82, 2.24) is 19.6 Å². The van der Waals surface area contributed by atoms with Crippen LogP contribution in [0, 0.1) is 23.7 Å². The predicted octanol–water partition coefficient (Wildman–Crippen LogP) is 12.5. The molecule has 4 unspecified atom stereocenters. The molecule has 6 rings (SSSR count). The maximum Gasteiger partial charge on any atom is 0.266 e. The van der Waals surface area contributed by atoms with E-state index in [4.69, 9.17) is 24.4 Å². The molecular formula is C48H62N4O4S6. The Morgan fingerprint density at radius 2 is 0.919 bits per heavy atom. The minimum atomic E-state index is -0.140. The first kappa shape index (κ1) is 48.6. The molecule has 4 aliphatic heterocycles. The first-order valence-corrected chi connectivity index (χ1v) is 26.7. The Hall–Kier alpha value is -2.88. The Bertz CT molecular complexity index is 2050. The maximum atomic E-state index is 15.2. The summed E-state index contributed by atoms with van der Waals surface area (Å²) in [6.45, 7) is 19.4. The number of thiophene rings is 2. The van der Waals surface area contributed by atoms with E-state index >= 15 is 9.59 Å². The van der Waals surface area contributed by atoms with E-state index in [2.05, 4.69) is 55.4 Å². The number of rotatable bonds is 22. The lowest BCUT2D eigenvalue weighted by atomic mass is 9.98. The summed E-state index contributed by atoms with van der Waals surface area (Å²) in [5, 5.41) is 0. The molecule has 62 heavy (non-hydrogen) atoms. The number of carbonyl (C=O) groups is 4. The van der Waals surface area contributed by atoms with Crippen molar-refractivity contribution >= 4 is 126 Å². The molecule has 0 spiro atoms. The van der Waals surface area contributed by atoms with Gasteiger partial charge in [0.05, 0.1) is 42.1 Å². The first-order valence-electron chi connectivity index (χ1n) is 22.6. The molecular weight excluding hydrogens is 889 g/mol. The fourth-order valence-corrected chi connectivity index (χ4v) is 12.9. The van der Waals surface area contributed by atoms with Crippen LogP contribution in [0.1, 0.15) is 139 Å². The normalized spacial score (nSPS) is 20.5. The molecule has 4 aliphatic rings. The molecule has 2 aromatic rings. The zero-order valence-corrected chi connectivity index (χ0v) is 42.4. The van der Waals surface area contributed by atoms with Crippen molar-refractivity contribution in [1.29, 1.82) is 0 Å². The Kier molecular flexibility index (Phi) is 17.1. The number of thiocarbonyl (C=S) groups is 2. The summed E-state index contributed by atoms with van der Waals surface area (Å²) in [5.74, 6) is 0.770. The third-order valence-electron chi connectivity index (χ3n) is 12.5. The molecule has 0 aliphatic carbocycles. The monoisotopic (exact) mass is 950 g/mol. The van der Waals surface area contributed by atoms with Gasteiger partial charge in [0.1, 0.15) is 8.64 Å². The zero-order valence-electron chi connectivity index (χ0n) is 37.5.